The van der Waals surface area contributed by atoms with Crippen LogP contribution in [0, 0.1) is 0 Å². The lowest BCUT2D eigenvalue weighted by molar-refractivity contribution is -0.143. The molecule has 0 aliphatic carbocycles. The molecule has 0 saturated heterocycles. The van der Waals surface area contributed by atoms with E-state index in [-0.39, 0.29) is 12.0 Å². The molecule has 0 heterocycles. The molecule has 0 spiro atoms. The second kappa shape index (κ2) is 7.62. The van der Waals surface area contributed by atoms with Crippen LogP contribution in [0.5, 0.6) is 0 Å². The van der Waals surface area contributed by atoms with Crippen LogP contribution >= 0.6 is 0 Å². The molecule has 0 unspecified atom stereocenters. The highest BCUT2D eigenvalue weighted by Gasteiger charge is 2.37. The van der Waals surface area contributed by atoms with Gasteiger partial charge in [-0.2, -0.15) is 26.3 Å². The standard InChI is InChI=1S/C19H17F6NO/c1-3-11(2)15-6-4-5-7-16(15)26-17(27)12-8-13(18(20,21)22)10-14(9-12)19(23,24)25/h4-11H,3H2,1-2H3,(H,26,27)/t11-/m1/s1. The van der Waals surface area contributed by atoms with Crippen LogP contribution in [0.4, 0.5) is 32.0 Å². The number of hydrogen-bond donors (Lipinski definition) is 1. The molecular weight excluding hydrogens is 372 g/mol. The van der Waals surface area contributed by atoms with Crippen LogP contribution in [-0.4, -0.2) is 5.91 Å². The summed E-state index contributed by atoms with van der Waals surface area (Å²) in [6.45, 7) is 3.82. The quantitative estimate of drug-likeness (QED) is 0.595. The Hall–Kier alpha value is -2.51. The maximum absolute atomic E-state index is 12.9. The van der Waals surface area contributed by atoms with Gasteiger partial charge in [-0.1, -0.05) is 32.0 Å². The largest absolute Gasteiger partial charge is 0.416 e. The van der Waals surface area contributed by atoms with Gasteiger partial charge in [0.15, 0.2) is 0 Å². The molecule has 0 bridgehead atoms. The van der Waals surface area contributed by atoms with Gasteiger partial charge in [-0.3, -0.25) is 4.79 Å². The number of rotatable bonds is 4. The number of hydrogen-bond acceptors (Lipinski definition) is 1. The first kappa shape index (κ1) is 20.8. The maximum atomic E-state index is 12.9. The topological polar surface area (TPSA) is 29.1 Å². The number of alkyl halides is 6. The minimum Gasteiger partial charge on any atom is -0.322 e. The lowest BCUT2D eigenvalue weighted by atomic mass is 9.96. The van der Waals surface area contributed by atoms with Gasteiger partial charge in [0.25, 0.3) is 5.91 Å². The van der Waals surface area contributed by atoms with E-state index in [1.807, 2.05) is 13.8 Å². The molecule has 1 amide bonds. The molecule has 8 heteroatoms. The van der Waals surface area contributed by atoms with Crippen molar-refractivity contribution < 1.29 is 31.1 Å². The highest BCUT2D eigenvalue weighted by Crippen LogP contribution is 2.36. The summed E-state index contributed by atoms with van der Waals surface area (Å²) in [6.07, 6.45) is -9.27. The van der Waals surface area contributed by atoms with Gasteiger partial charge in [0.1, 0.15) is 0 Å². The van der Waals surface area contributed by atoms with E-state index in [4.69, 9.17) is 0 Å². The highest BCUT2D eigenvalue weighted by atomic mass is 19.4. The molecule has 0 aromatic heterocycles. The summed E-state index contributed by atoms with van der Waals surface area (Å²) in [5, 5.41) is 2.43. The van der Waals surface area contributed by atoms with Gasteiger partial charge in [0.2, 0.25) is 0 Å². The molecule has 146 valence electrons. The van der Waals surface area contributed by atoms with Gasteiger partial charge in [-0.05, 0) is 42.2 Å². The number of carbonyl (C=O) groups is 1. The van der Waals surface area contributed by atoms with Crippen LogP contribution in [0.1, 0.15) is 53.2 Å². The number of halogens is 6. The Balaban J connectivity index is 2.45. The van der Waals surface area contributed by atoms with Crippen molar-refractivity contribution in [1.29, 1.82) is 0 Å². The molecule has 0 aliphatic heterocycles. The molecule has 1 atom stereocenters. The fourth-order valence-electron chi connectivity index (χ4n) is 2.54. The van der Waals surface area contributed by atoms with E-state index in [0.29, 0.717) is 17.8 Å². The Kier molecular flexibility index (Phi) is 5.87. The van der Waals surface area contributed by atoms with Crippen LogP contribution in [0.25, 0.3) is 0 Å². The van der Waals surface area contributed by atoms with E-state index in [9.17, 15) is 31.1 Å². The highest BCUT2D eigenvalue weighted by molar-refractivity contribution is 6.05. The average Bonchev–Trinajstić information content (AvgIpc) is 2.59. The van der Waals surface area contributed by atoms with Crippen LogP contribution in [0.15, 0.2) is 42.5 Å². The zero-order valence-corrected chi connectivity index (χ0v) is 14.5. The molecule has 0 fully saturated rings. The predicted octanol–water partition coefficient (Wildman–Crippen LogP) is 6.49. The first-order valence-corrected chi connectivity index (χ1v) is 8.13. The Labute approximate surface area is 152 Å². The van der Waals surface area contributed by atoms with E-state index < -0.39 is 35.0 Å². The van der Waals surface area contributed by atoms with Crippen LogP contribution < -0.4 is 5.32 Å². The second-order valence-electron chi connectivity index (χ2n) is 6.15. The van der Waals surface area contributed by atoms with Gasteiger partial charge in [0, 0.05) is 11.3 Å². The SMILES string of the molecule is CC[C@@H](C)c1ccccc1NC(=O)c1cc(C(F)(F)F)cc(C(F)(F)F)c1. The molecule has 0 saturated carbocycles. The molecular formula is C19H17F6NO. The molecule has 2 aromatic carbocycles. The number of benzene rings is 2. The van der Waals surface area contributed by atoms with Crippen molar-refractivity contribution in [2.24, 2.45) is 0 Å². The van der Waals surface area contributed by atoms with Crippen molar-refractivity contribution in [2.45, 2.75) is 38.5 Å². The maximum Gasteiger partial charge on any atom is 0.416 e. The van der Waals surface area contributed by atoms with Gasteiger partial charge < -0.3 is 5.32 Å². The zero-order chi connectivity index (χ0) is 20.4. The van der Waals surface area contributed by atoms with Gasteiger partial charge in [-0.15, -0.1) is 0 Å². The van der Waals surface area contributed by atoms with Crippen molar-refractivity contribution in [1.82, 2.24) is 0 Å². The van der Waals surface area contributed by atoms with Gasteiger partial charge in [0.05, 0.1) is 11.1 Å². The lowest BCUT2D eigenvalue weighted by Gasteiger charge is -2.17. The Morgan fingerprint density at radius 1 is 0.963 bits per heavy atom. The number of amides is 1. The van der Waals surface area contributed by atoms with Crippen molar-refractivity contribution in [2.75, 3.05) is 5.32 Å². The lowest BCUT2D eigenvalue weighted by Crippen LogP contribution is -2.18. The fourth-order valence-corrected chi connectivity index (χ4v) is 2.54. The summed E-state index contributed by atoms with van der Waals surface area (Å²) in [5.41, 5.74) is -2.68. The number of anilines is 1. The first-order chi connectivity index (χ1) is 12.4. The van der Waals surface area contributed by atoms with E-state index in [1.54, 1.807) is 24.3 Å². The number of nitrogens with one attached hydrogen (secondary N) is 1. The van der Waals surface area contributed by atoms with Gasteiger partial charge in [-0.25, -0.2) is 0 Å². The van der Waals surface area contributed by atoms with E-state index in [2.05, 4.69) is 5.32 Å². The summed E-state index contributed by atoms with van der Waals surface area (Å²) >= 11 is 0. The Bertz CT molecular complexity index is 793. The predicted molar refractivity (Wildman–Crippen MR) is 89.5 cm³/mol. The summed E-state index contributed by atoms with van der Waals surface area (Å²) in [6, 6.07) is 7.48. The minimum absolute atomic E-state index is 0.0100. The van der Waals surface area contributed by atoms with Crippen molar-refractivity contribution in [3.8, 4) is 0 Å². The van der Waals surface area contributed by atoms with E-state index in [1.165, 1.54) is 0 Å². The summed E-state index contributed by atoms with van der Waals surface area (Å²) < 4.78 is 77.7. The van der Waals surface area contributed by atoms with Crippen LogP contribution in [0.3, 0.4) is 0 Å². The third kappa shape index (κ3) is 5.02. The number of carbonyl (C=O) groups excluding carboxylic acids is 1. The molecule has 27 heavy (non-hydrogen) atoms. The third-order valence-electron chi connectivity index (χ3n) is 4.20. The monoisotopic (exact) mass is 389 g/mol. The zero-order valence-electron chi connectivity index (χ0n) is 14.5. The molecule has 2 nitrogen and oxygen atoms in total. The minimum atomic E-state index is -5.01. The molecule has 0 radical (unpaired) electrons. The summed E-state index contributed by atoms with van der Waals surface area (Å²) in [5.74, 6) is -0.990. The van der Waals surface area contributed by atoms with Crippen LogP contribution in [-0.2, 0) is 12.4 Å². The van der Waals surface area contributed by atoms with E-state index in [0.717, 1.165) is 12.0 Å². The molecule has 1 N–H and O–H groups in total. The second-order valence-corrected chi connectivity index (χ2v) is 6.15. The fraction of sp³-hybridized carbons (Fsp3) is 0.316. The smallest absolute Gasteiger partial charge is 0.322 e. The summed E-state index contributed by atoms with van der Waals surface area (Å²) in [7, 11) is 0. The van der Waals surface area contributed by atoms with Crippen molar-refractivity contribution in [3.05, 3.63) is 64.7 Å². The van der Waals surface area contributed by atoms with Gasteiger partial charge >= 0.3 is 12.4 Å². The number of para-hydroxylation sites is 1. The normalized spacial score (nSPS) is 13.3. The Morgan fingerprint density at radius 3 is 1.96 bits per heavy atom. The van der Waals surface area contributed by atoms with Crippen molar-refractivity contribution in [3.63, 3.8) is 0 Å². The van der Waals surface area contributed by atoms with E-state index >= 15 is 0 Å². The molecule has 0 aliphatic rings. The van der Waals surface area contributed by atoms with Crippen LogP contribution in [0.2, 0.25) is 0 Å². The molecule has 2 rings (SSSR count). The molecule has 2 aromatic rings. The Morgan fingerprint density at radius 2 is 1.48 bits per heavy atom. The first-order valence-electron chi connectivity index (χ1n) is 8.13. The average molecular weight is 389 g/mol. The third-order valence-corrected chi connectivity index (χ3v) is 4.20. The van der Waals surface area contributed by atoms with Crippen molar-refractivity contribution >= 4 is 11.6 Å². The summed E-state index contributed by atoms with van der Waals surface area (Å²) in [4.78, 5) is 12.4.